The number of nitrogens with zero attached hydrogens (tertiary/aromatic N) is 1. The fraction of sp³-hybridized carbons (Fsp3) is 0.462. The number of ketones is 1. The predicted octanol–water partition coefficient (Wildman–Crippen LogP) is 1.21. The third-order valence-electron chi connectivity index (χ3n) is 2.82. The van der Waals surface area contributed by atoms with Gasteiger partial charge in [0.15, 0.2) is 5.78 Å². The summed E-state index contributed by atoms with van der Waals surface area (Å²) in [5, 5.41) is 9.93. The maximum Gasteiger partial charge on any atom is 0.163 e. The summed E-state index contributed by atoms with van der Waals surface area (Å²) in [5.74, 6) is -1.33. The van der Waals surface area contributed by atoms with E-state index in [1.54, 1.807) is 11.9 Å². The third kappa shape index (κ3) is 4.90. The number of phenols is 1. The fourth-order valence-corrected chi connectivity index (χ4v) is 2.38. The topological polar surface area (TPSA) is 74.7 Å². The van der Waals surface area contributed by atoms with Crippen LogP contribution in [0.2, 0.25) is 0 Å². The molecule has 0 aromatic heterocycles. The minimum absolute atomic E-state index is 0.0286. The molecule has 0 aliphatic rings. The highest BCUT2D eigenvalue weighted by Gasteiger charge is 2.15. The molecule has 112 valence electrons. The van der Waals surface area contributed by atoms with Crippen molar-refractivity contribution in [1.29, 1.82) is 0 Å². The van der Waals surface area contributed by atoms with Gasteiger partial charge in [-0.15, -0.1) is 0 Å². The van der Waals surface area contributed by atoms with Crippen molar-refractivity contribution in [3.8, 4) is 5.75 Å². The van der Waals surface area contributed by atoms with Gasteiger partial charge < -0.3 is 10.0 Å². The predicted molar refractivity (Wildman–Crippen MR) is 74.1 cm³/mol. The number of phenolic OH excluding ortho intramolecular Hbond substituents is 1. The van der Waals surface area contributed by atoms with E-state index in [0.29, 0.717) is 0 Å². The minimum atomic E-state index is -3.08. The van der Waals surface area contributed by atoms with Crippen LogP contribution in [0.3, 0.4) is 0 Å². The van der Waals surface area contributed by atoms with Crippen LogP contribution in [-0.2, 0) is 16.4 Å². The monoisotopic (exact) mass is 303 g/mol. The molecule has 20 heavy (non-hydrogen) atoms. The van der Waals surface area contributed by atoms with E-state index in [-0.39, 0.29) is 35.7 Å². The van der Waals surface area contributed by atoms with Gasteiger partial charge in [-0.1, -0.05) is 0 Å². The van der Waals surface area contributed by atoms with Gasteiger partial charge in [0, 0.05) is 24.9 Å². The first-order valence-corrected chi connectivity index (χ1v) is 8.05. The summed E-state index contributed by atoms with van der Waals surface area (Å²) in [5.41, 5.74) is 0.183. The number of benzene rings is 1. The zero-order chi connectivity index (χ0) is 15.5. The second kappa shape index (κ2) is 6.32. The zero-order valence-corrected chi connectivity index (χ0v) is 12.5. The second-order valence-electron chi connectivity index (χ2n) is 4.88. The molecule has 0 saturated heterocycles. The lowest BCUT2D eigenvalue weighted by molar-refractivity contribution is 0.101. The van der Waals surface area contributed by atoms with Crippen molar-refractivity contribution in [2.24, 2.45) is 0 Å². The minimum Gasteiger partial charge on any atom is -0.507 e. The molecule has 0 amide bonds. The molecule has 0 aliphatic carbocycles. The van der Waals surface area contributed by atoms with Gasteiger partial charge in [-0.25, -0.2) is 12.8 Å². The summed E-state index contributed by atoms with van der Waals surface area (Å²) in [7, 11) is -1.43. The quantitative estimate of drug-likeness (QED) is 0.800. The maximum absolute atomic E-state index is 13.4. The normalized spacial score (nSPS) is 11.8. The molecule has 1 aromatic carbocycles. The highest BCUT2D eigenvalue weighted by atomic mass is 32.2. The smallest absolute Gasteiger partial charge is 0.163 e. The van der Waals surface area contributed by atoms with Gasteiger partial charge in [0.05, 0.1) is 11.3 Å². The molecule has 0 unspecified atom stereocenters. The molecule has 0 heterocycles. The van der Waals surface area contributed by atoms with E-state index in [9.17, 15) is 22.7 Å². The molecule has 1 aromatic rings. The number of hydrogen-bond acceptors (Lipinski definition) is 5. The number of Topliss-reactive ketones (excluding diaryl/α,β-unsaturated/α-hetero) is 1. The Balaban J connectivity index is 2.90. The lowest BCUT2D eigenvalue weighted by Gasteiger charge is -2.17. The summed E-state index contributed by atoms with van der Waals surface area (Å²) < 4.78 is 35.6. The summed E-state index contributed by atoms with van der Waals surface area (Å²) in [6.07, 6.45) is 1.13. The molecule has 0 saturated carbocycles. The van der Waals surface area contributed by atoms with Crippen LogP contribution >= 0.6 is 0 Å². The molecule has 1 N–H and O–H groups in total. The van der Waals surface area contributed by atoms with Gasteiger partial charge in [0.1, 0.15) is 21.4 Å². The van der Waals surface area contributed by atoms with Crippen molar-refractivity contribution in [2.75, 3.05) is 25.6 Å². The number of aromatic hydroxyl groups is 1. The van der Waals surface area contributed by atoms with Crippen molar-refractivity contribution in [2.45, 2.75) is 13.5 Å². The molecule has 7 heteroatoms. The fourth-order valence-electron chi connectivity index (χ4n) is 1.74. The number of sulfone groups is 1. The molecular weight excluding hydrogens is 285 g/mol. The average molecular weight is 303 g/mol. The van der Waals surface area contributed by atoms with Crippen molar-refractivity contribution < 1.29 is 22.7 Å². The van der Waals surface area contributed by atoms with Crippen LogP contribution in [0.5, 0.6) is 5.75 Å². The standard InChI is InChI=1S/C13H18FNO4S/c1-9(16)12-7-11(14)6-10(13(12)17)8-15(2)4-5-20(3,18)19/h6-7,17H,4-5,8H2,1-3H3. The van der Waals surface area contributed by atoms with Gasteiger partial charge >= 0.3 is 0 Å². The number of carbonyl (C=O) groups excluding carboxylic acids is 1. The van der Waals surface area contributed by atoms with Gasteiger partial charge in [0.2, 0.25) is 0 Å². The number of rotatable bonds is 6. The number of halogens is 1. The number of carbonyl (C=O) groups is 1. The lowest BCUT2D eigenvalue weighted by atomic mass is 10.1. The zero-order valence-electron chi connectivity index (χ0n) is 11.7. The van der Waals surface area contributed by atoms with Crippen LogP contribution in [0, 0.1) is 5.82 Å². The van der Waals surface area contributed by atoms with E-state index in [4.69, 9.17) is 0 Å². The second-order valence-corrected chi connectivity index (χ2v) is 7.14. The van der Waals surface area contributed by atoms with Gasteiger partial charge in [-0.05, 0) is 26.1 Å². The molecule has 0 spiro atoms. The summed E-state index contributed by atoms with van der Waals surface area (Å²) in [6, 6.07) is 2.12. The van der Waals surface area contributed by atoms with Crippen LogP contribution < -0.4 is 0 Å². The van der Waals surface area contributed by atoms with Gasteiger partial charge in [-0.2, -0.15) is 0 Å². The molecule has 0 atom stereocenters. The van der Waals surface area contributed by atoms with Crippen LogP contribution in [0.4, 0.5) is 4.39 Å². The Hall–Kier alpha value is -1.47. The molecule has 0 fully saturated rings. The van der Waals surface area contributed by atoms with Gasteiger partial charge in [-0.3, -0.25) is 4.79 Å². The highest BCUT2D eigenvalue weighted by Crippen LogP contribution is 2.25. The van der Waals surface area contributed by atoms with Crippen LogP contribution in [0.1, 0.15) is 22.8 Å². The molecule has 0 radical (unpaired) electrons. The molecular formula is C13H18FNO4S. The Morgan fingerprint density at radius 3 is 2.50 bits per heavy atom. The molecule has 0 bridgehead atoms. The van der Waals surface area contributed by atoms with E-state index >= 15 is 0 Å². The number of hydrogen-bond donors (Lipinski definition) is 1. The van der Waals surface area contributed by atoms with Gasteiger partial charge in [0.25, 0.3) is 0 Å². The lowest BCUT2D eigenvalue weighted by Crippen LogP contribution is -2.25. The molecule has 5 nitrogen and oxygen atoms in total. The summed E-state index contributed by atoms with van der Waals surface area (Å²) >= 11 is 0. The Morgan fingerprint density at radius 2 is 2.00 bits per heavy atom. The first kappa shape index (κ1) is 16.6. The van der Waals surface area contributed by atoms with E-state index < -0.39 is 21.4 Å². The Labute approximate surface area is 117 Å². The van der Waals surface area contributed by atoms with Crippen LogP contribution in [-0.4, -0.2) is 49.8 Å². The van der Waals surface area contributed by atoms with E-state index in [2.05, 4.69) is 0 Å². The Bertz CT molecular complexity index is 613. The van der Waals surface area contributed by atoms with Crippen molar-refractivity contribution in [3.63, 3.8) is 0 Å². The molecule has 0 aliphatic heterocycles. The summed E-state index contributed by atoms with van der Waals surface area (Å²) in [6.45, 7) is 1.65. The van der Waals surface area contributed by atoms with E-state index in [0.717, 1.165) is 18.4 Å². The Kier molecular flexibility index (Phi) is 5.24. The van der Waals surface area contributed by atoms with E-state index in [1.807, 2.05) is 0 Å². The largest absolute Gasteiger partial charge is 0.507 e. The van der Waals surface area contributed by atoms with Crippen molar-refractivity contribution in [1.82, 2.24) is 4.90 Å². The SMILES string of the molecule is CC(=O)c1cc(F)cc(CN(C)CCS(C)(=O)=O)c1O. The highest BCUT2D eigenvalue weighted by molar-refractivity contribution is 7.90. The average Bonchev–Trinajstić information content (AvgIpc) is 2.29. The Morgan fingerprint density at radius 1 is 1.40 bits per heavy atom. The van der Waals surface area contributed by atoms with Crippen molar-refractivity contribution >= 4 is 15.6 Å². The molecule has 1 rings (SSSR count). The first-order chi connectivity index (χ1) is 9.10. The maximum atomic E-state index is 13.4. The van der Waals surface area contributed by atoms with E-state index in [1.165, 1.54) is 6.92 Å². The van der Waals surface area contributed by atoms with Crippen molar-refractivity contribution in [3.05, 3.63) is 29.1 Å². The van der Waals surface area contributed by atoms with Crippen LogP contribution in [0.25, 0.3) is 0 Å². The summed E-state index contributed by atoms with van der Waals surface area (Å²) in [4.78, 5) is 12.9. The van der Waals surface area contributed by atoms with Crippen LogP contribution in [0.15, 0.2) is 12.1 Å². The first-order valence-electron chi connectivity index (χ1n) is 5.98. The third-order valence-corrected chi connectivity index (χ3v) is 3.74.